The summed E-state index contributed by atoms with van der Waals surface area (Å²) in [7, 11) is 0. The lowest BCUT2D eigenvalue weighted by Gasteiger charge is -2.12. The van der Waals surface area contributed by atoms with Gasteiger partial charge in [-0.25, -0.2) is 4.98 Å². The van der Waals surface area contributed by atoms with Gasteiger partial charge in [-0.2, -0.15) is 18.3 Å². The number of aromatic nitrogens is 4. The highest BCUT2D eigenvalue weighted by Crippen LogP contribution is 2.31. The van der Waals surface area contributed by atoms with E-state index in [1.54, 1.807) is 11.6 Å². The minimum Gasteiger partial charge on any atom is -0.486 e. The van der Waals surface area contributed by atoms with Crippen LogP contribution in [0.2, 0.25) is 0 Å². The van der Waals surface area contributed by atoms with E-state index in [0.717, 1.165) is 12.1 Å². The Hall–Kier alpha value is -3.37. The van der Waals surface area contributed by atoms with E-state index >= 15 is 0 Å². The summed E-state index contributed by atoms with van der Waals surface area (Å²) in [6.07, 6.45) is -1.54. The molecule has 0 aliphatic carbocycles. The Morgan fingerprint density at radius 3 is 2.89 bits per heavy atom. The fourth-order valence-electron chi connectivity index (χ4n) is 2.36. The Bertz CT molecular complexity index is 924. The summed E-state index contributed by atoms with van der Waals surface area (Å²) < 4.78 is 50.0. The van der Waals surface area contributed by atoms with E-state index in [9.17, 15) is 18.0 Å². The van der Waals surface area contributed by atoms with Gasteiger partial charge in [0.25, 0.3) is 5.91 Å². The minimum atomic E-state index is -4.46. The molecule has 148 valence electrons. The van der Waals surface area contributed by atoms with Gasteiger partial charge in [0.05, 0.1) is 12.1 Å². The lowest BCUT2D eigenvalue weighted by atomic mass is 10.2. The molecular weight excluding hydrogens is 379 g/mol. The highest BCUT2D eigenvalue weighted by molar-refractivity contribution is 5.92. The molecule has 1 N–H and O–H groups in total. The Balaban J connectivity index is 1.54. The number of nitrogens with zero attached hydrogens (tertiary/aromatic N) is 4. The first kappa shape index (κ1) is 19.4. The summed E-state index contributed by atoms with van der Waals surface area (Å²) in [5.74, 6) is -0.230. The maximum Gasteiger partial charge on any atom is 0.416 e. The van der Waals surface area contributed by atoms with E-state index in [4.69, 9.17) is 9.26 Å². The molecule has 11 heteroatoms. The standard InChI is InChI=1S/C17H16F3N5O3/c1-11(7-25-10-21-9-22-25)23-16(26)15-6-14(28-24-15)8-27-13-4-2-3-12(5-13)17(18,19)20/h2-6,9-11H,7-8H2,1H3,(H,23,26)/t11-/m0/s1. The number of benzene rings is 1. The molecule has 3 rings (SSSR count). The van der Waals surface area contributed by atoms with Crippen molar-refractivity contribution in [2.75, 3.05) is 0 Å². The number of rotatable bonds is 7. The summed E-state index contributed by atoms with van der Waals surface area (Å²) in [6, 6.07) is 5.60. The van der Waals surface area contributed by atoms with Crippen LogP contribution in [0.4, 0.5) is 13.2 Å². The lowest BCUT2D eigenvalue weighted by Crippen LogP contribution is -2.36. The molecule has 0 unspecified atom stereocenters. The molecule has 0 radical (unpaired) electrons. The van der Waals surface area contributed by atoms with Gasteiger partial charge in [0.1, 0.15) is 25.0 Å². The normalized spacial score (nSPS) is 12.6. The van der Waals surface area contributed by atoms with Crippen molar-refractivity contribution in [3.05, 3.63) is 60.0 Å². The van der Waals surface area contributed by atoms with Gasteiger partial charge in [0.2, 0.25) is 0 Å². The van der Waals surface area contributed by atoms with Crippen LogP contribution in [-0.2, 0) is 19.3 Å². The topological polar surface area (TPSA) is 95.1 Å². The van der Waals surface area contributed by atoms with E-state index in [2.05, 4.69) is 20.6 Å². The number of alkyl halides is 3. The fraction of sp³-hybridized carbons (Fsp3) is 0.294. The molecule has 2 aromatic heterocycles. The monoisotopic (exact) mass is 395 g/mol. The van der Waals surface area contributed by atoms with Crippen molar-refractivity contribution in [1.29, 1.82) is 0 Å². The molecule has 1 atom stereocenters. The largest absolute Gasteiger partial charge is 0.486 e. The number of halogens is 3. The number of hydrogen-bond donors (Lipinski definition) is 1. The van der Waals surface area contributed by atoms with Crippen LogP contribution in [0.15, 0.2) is 47.5 Å². The molecule has 0 fully saturated rings. The Kier molecular flexibility index (Phi) is 5.62. The van der Waals surface area contributed by atoms with Gasteiger partial charge in [-0.1, -0.05) is 11.2 Å². The fourth-order valence-corrected chi connectivity index (χ4v) is 2.36. The molecule has 1 aromatic carbocycles. The highest BCUT2D eigenvalue weighted by Gasteiger charge is 2.30. The number of hydrogen-bond acceptors (Lipinski definition) is 6. The smallest absolute Gasteiger partial charge is 0.416 e. The van der Waals surface area contributed by atoms with E-state index in [-0.39, 0.29) is 29.9 Å². The molecular formula is C17H16F3N5O3. The van der Waals surface area contributed by atoms with Crippen LogP contribution in [0.1, 0.15) is 28.7 Å². The van der Waals surface area contributed by atoms with Crippen LogP contribution in [0.3, 0.4) is 0 Å². The molecule has 2 heterocycles. The summed E-state index contributed by atoms with van der Waals surface area (Å²) in [6.45, 7) is 2.04. The second-order valence-corrected chi connectivity index (χ2v) is 5.98. The van der Waals surface area contributed by atoms with Crippen molar-refractivity contribution in [3.63, 3.8) is 0 Å². The summed E-state index contributed by atoms with van der Waals surface area (Å²) in [5, 5.41) is 10.3. The van der Waals surface area contributed by atoms with Crippen molar-refractivity contribution in [2.45, 2.75) is 32.3 Å². The first-order valence-corrected chi connectivity index (χ1v) is 8.20. The van der Waals surface area contributed by atoms with Crippen LogP contribution in [0.25, 0.3) is 0 Å². The molecule has 0 aliphatic rings. The molecule has 1 amide bonds. The molecule has 0 bridgehead atoms. The van der Waals surface area contributed by atoms with Crippen LogP contribution >= 0.6 is 0 Å². The quantitative estimate of drug-likeness (QED) is 0.661. The third kappa shape index (κ3) is 5.09. The van der Waals surface area contributed by atoms with Gasteiger partial charge in [-0.15, -0.1) is 0 Å². The lowest BCUT2D eigenvalue weighted by molar-refractivity contribution is -0.137. The number of ether oxygens (including phenoxy) is 1. The van der Waals surface area contributed by atoms with Crippen molar-refractivity contribution in [3.8, 4) is 5.75 Å². The third-order valence-corrected chi connectivity index (χ3v) is 3.64. The molecule has 3 aromatic rings. The SMILES string of the molecule is C[C@@H](Cn1cncn1)NC(=O)c1cc(COc2cccc(C(F)(F)F)c2)on1. The van der Waals surface area contributed by atoms with Crippen molar-refractivity contribution in [1.82, 2.24) is 25.2 Å². The summed E-state index contributed by atoms with van der Waals surface area (Å²) in [4.78, 5) is 16.0. The number of nitrogens with one attached hydrogen (secondary N) is 1. The van der Waals surface area contributed by atoms with Crippen LogP contribution in [0, 0.1) is 0 Å². The highest BCUT2D eigenvalue weighted by atomic mass is 19.4. The second-order valence-electron chi connectivity index (χ2n) is 5.98. The Morgan fingerprint density at radius 1 is 1.36 bits per heavy atom. The van der Waals surface area contributed by atoms with Gasteiger partial charge in [-0.3, -0.25) is 9.48 Å². The van der Waals surface area contributed by atoms with E-state index < -0.39 is 17.6 Å². The molecule has 28 heavy (non-hydrogen) atoms. The van der Waals surface area contributed by atoms with Crippen molar-refractivity contribution < 1.29 is 27.2 Å². The van der Waals surface area contributed by atoms with Gasteiger partial charge in [0, 0.05) is 12.1 Å². The van der Waals surface area contributed by atoms with Crippen molar-refractivity contribution >= 4 is 5.91 Å². The van der Waals surface area contributed by atoms with Gasteiger partial charge < -0.3 is 14.6 Å². The molecule has 0 saturated carbocycles. The number of amides is 1. The zero-order valence-corrected chi connectivity index (χ0v) is 14.7. The number of carbonyl (C=O) groups is 1. The van der Waals surface area contributed by atoms with Gasteiger partial charge in [-0.05, 0) is 25.1 Å². The second kappa shape index (κ2) is 8.11. The first-order chi connectivity index (χ1) is 13.3. The van der Waals surface area contributed by atoms with Crippen LogP contribution < -0.4 is 10.1 Å². The molecule has 0 aliphatic heterocycles. The maximum atomic E-state index is 12.7. The average molecular weight is 395 g/mol. The number of carbonyl (C=O) groups excluding carboxylic acids is 1. The van der Waals surface area contributed by atoms with E-state index in [0.29, 0.717) is 6.54 Å². The minimum absolute atomic E-state index is 0.0266. The Morgan fingerprint density at radius 2 is 2.18 bits per heavy atom. The van der Waals surface area contributed by atoms with E-state index in [1.165, 1.54) is 30.9 Å². The molecule has 8 nitrogen and oxygen atoms in total. The molecule has 0 saturated heterocycles. The van der Waals surface area contributed by atoms with Gasteiger partial charge >= 0.3 is 6.18 Å². The average Bonchev–Trinajstić information content (AvgIpc) is 3.31. The van der Waals surface area contributed by atoms with Crippen molar-refractivity contribution in [2.24, 2.45) is 0 Å². The van der Waals surface area contributed by atoms with E-state index in [1.807, 2.05) is 0 Å². The third-order valence-electron chi connectivity index (χ3n) is 3.64. The predicted octanol–water partition coefficient (Wildman–Crippen LogP) is 2.68. The molecule has 0 spiro atoms. The summed E-state index contributed by atoms with van der Waals surface area (Å²) >= 11 is 0. The first-order valence-electron chi connectivity index (χ1n) is 8.20. The van der Waals surface area contributed by atoms with Crippen LogP contribution in [-0.4, -0.2) is 31.9 Å². The zero-order valence-electron chi connectivity index (χ0n) is 14.7. The predicted molar refractivity (Wildman–Crippen MR) is 89.2 cm³/mol. The summed E-state index contributed by atoms with van der Waals surface area (Å²) in [5.41, 5.74) is -0.780. The van der Waals surface area contributed by atoms with Gasteiger partial charge in [0.15, 0.2) is 11.5 Å². The Labute approximate surface area is 157 Å². The zero-order chi connectivity index (χ0) is 20.1. The maximum absolute atomic E-state index is 12.7. The van der Waals surface area contributed by atoms with Crippen LogP contribution in [0.5, 0.6) is 5.75 Å².